The maximum Gasteiger partial charge on any atom is 0.277 e. The molecule has 1 aromatic carbocycles. The number of benzene rings is 1. The number of pyridine rings is 1. The summed E-state index contributed by atoms with van der Waals surface area (Å²) in [5, 5.41) is 9.18. The van der Waals surface area contributed by atoms with Crippen LogP contribution < -0.4 is 10.6 Å². The number of para-hydroxylation sites is 2. The second-order valence-electron chi connectivity index (χ2n) is 4.40. The van der Waals surface area contributed by atoms with E-state index >= 15 is 0 Å². The van der Waals surface area contributed by atoms with Gasteiger partial charge in [0.25, 0.3) is 5.91 Å². The van der Waals surface area contributed by atoms with E-state index in [1.54, 1.807) is 36.4 Å². The molecule has 104 valence electrons. The molecule has 20 heavy (non-hydrogen) atoms. The Morgan fingerprint density at radius 3 is 2.65 bits per heavy atom. The minimum Gasteiger partial charge on any atom is -0.397 e. The van der Waals surface area contributed by atoms with Crippen LogP contribution in [0.5, 0.6) is 0 Å². The van der Waals surface area contributed by atoms with Gasteiger partial charge >= 0.3 is 0 Å². The Balaban J connectivity index is 2.39. The first-order valence-corrected chi connectivity index (χ1v) is 6.34. The SMILES string of the molecule is Cc1cccc(C(=O)N(CCO)c2ccccc2N)n1. The van der Waals surface area contributed by atoms with Crippen LogP contribution >= 0.6 is 0 Å². The number of hydrogen-bond donors (Lipinski definition) is 2. The molecule has 2 rings (SSSR count). The highest BCUT2D eigenvalue weighted by molar-refractivity contribution is 6.06. The molecule has 0 aliphatic carbocycles. The van der Waals surface area contributed by atoms with E-state index in [0.717, 1.165) is 5.69 Å². The summed E-state index contributed by atoms with van der Waals surface area (Å²) in [5.74, 6) is -0.277. The predicted molar refractivity (Wildman–Crippen MR) is 78.6 cm³/mol. The fraction of sp³-hybridized carbons (Fsp3) is 0.200. The lowest BCUT2D eigenvalue weighted by atomic mass is 10.2. The van der Waals surface area contributed by atoms with E-state index in [2.05, 4.69) is 4.98 Å². The van der Waals surface area contributed by atoms with Crippen molar-refractivity contribution in [2.75, 3.05) is 23.8 Å². The molecule has 0 unspecified atom stereocenters. The summed E-state index contributed by atoms with van der Waals surface area (Å²) < 4.78 is 0. The standard InChI is InChI=1S/C15H17N3O2/c1-11-5-4-7-13(17-11)15(20)18(9-10-19)14-8-3-2-6-12(14)16/h2-8,19H,9-10,16H2,1H3. The second kappa shape index (κ2) is 6.16. The van der Waals surface area contributed by atoms with Crippen LogP contribution in [-0.2, 0) is 0 Å². The second-order valence-corrected chi connectivity index (χ2v) is 4.40. The molecular weight excluding hydrogens is 254 g/mol. The van der Waals surface area contributed by atoms with Crippen LogP contribution in [0.4, 0.5) is 11.4 Å². The molecule has 0 fully saturated rings. The van der Waals surface area contributed by atoms with Gasteiger partial charge in [-0.3, -0.25) is 4.79 Å². The van der Waals surface area contributed by atoms with Crippen molar-refractivity contribution in [2.45, 2.75) is 6.92 Å². The maximum absolute atomic E-state index is 12.5. The Morgan fingerprint density at radius 2 is 2.00 bits per heavy atom. The summed E-state index contributed by atoms with van der Waals surface area (Å²) in [6.45, 7) is 1.85. The van der Waals surface area contributed by atoms with Crippen LogP contribution in [0.2, 0.25) is 0 Å². The van der Waals surface area contributed by atoms with Gasteiger partial charge in [0, 0.05) is 12.2 Å². The molecule has 0 aliphatic heterocycles. The number of anilines is 2. The van der Waals surface area contributed by atoms with Gasteiger partial charge in [0.05, 0.1) is 18.0 Å². The number of aliphatic hydroxyl groups excluding tert-OH is 1. The van der Waals surface area contributed by atoms with Gasteiger partial charge in [-0.2, -0.15) is 0 Å². The summed E-state index contributed by atoms with van der Waals surface area (Å²) in [6.07, 6.45) is 0. The number of nitrogen functional groups attached to an aromatic ring is 1. The Hall–Kier alpha value is -2.40. The molecule has 0 saturated heterocycles. The Labute approximate surface area is 117 Å². The van der Waals surface area contributed by atoms with Gasteiger partial charge in [0.2, 0.25) is 0 Å². The quantitative estimate of drug-likeness (QED) is 0.828. The first-order chi connectivity index (χ1) is 9.63. The zero-order valence-electron chi connectivity index (χ0n) is 11.3. The summed E-state index contributed by atoms with van der Waals surface area (Å²) in [5.41, 5.74) is 8.07. The number of aliphatic hydroxyl groups is 1. The summed E-state index contributed by atoms with van der Waals surface area (Å²) in [6, 6.07) is 12.3. The summed E-state index contributed by atoms with van der Waals surface area (Å²) in [7, 11) is 0. The summed E-state index contributed by atoms with van der Waals surface area (Å²) >= 11 is 0. The molecule has 5 nitrogen and oxygen atoms in total. The van der Waals surface area contributed by atoms with E-state index in [9.17, 15) is 9.90 Å². The molecule has 0 atom stereocenters. The van der Waals surface area contributed by atoms with Crippen LogP contribution in [-0.4, -0.2) is 29.1 Å². The van der Waals surface area contributed by atoms with Crippen molar-refractivity contribution in [3.05, 3.63) is 53.9 Å². The zero-order chi connectivity index (χ0) is 14.5. The maximum atomic E-state index is 12.5. The van der Waals surface area contributed by atoms with E-state index < -0.39 is 0 Å². The third-order valence-corrected chi connectivity index (χ3v) is 2.90. The Kier molecular flexibility index (Phi) is 4.32. The van der Waals surface area contributed by atoms with Crippen molar-refractivity contribution >= 4 is 17.3 Å². The smallest absolute Gasteiger partial charge is 0.277 e. The highest BCUT2D eigenvalue weighted by Gasteiger charge is 2.20. The van der Waals surface area contributed by atoms with Crippen molar-refractivity contribution in [1.29, 1.82) is 0 Å². The molecule has 2 aromatic rings. The molecule has 3 N–H and O–H groups in total. The normalized spacial score (nSPS) is 10.3. The monoisotopic (exact) mass is 271 g/mol. The van der Waals surface area contributed by atoms with Gasteiger partial charge in [-0.15, -0.1) is 0 Å². The van der Waals surface area contributed by atoms with E-state index in [0.29, 0.717) is 17.1 Å². The molecule has 5 heteroatoms. The molecule has 0 bridgehead atoms. The number of nitrogens with two attached hydrogens (primary N) is 1. The van der Waals surface area contributed by atoms with Gasteiger partial charge in [-0.05, 0) is 31.2 Å². The third-order valence-electron chi connectivity index (χ3n) is 2.90. The topological polar surface area (TPSA) is 79.5 Å². The van der Waals surface area contributed by atoms with Gasteiger partial charge in [-0.1, -0.05) is 18.2 Å². The lowest BCUT2D eigenvalue weighted by Gasteiger charge is -2.23. The number of nitrogens with zero attached hydrogens (tertiary/aromatic N) is 2. The number of carbonyl (C=O) groups is 1. The molecule has 1 aromatic heterocycles. The van der Waals surface area contributed by atoms with Gasteiger partial charge < -0.3 is 15.7 Å². The minimum absolute atomic E-state index is 0.147. The zero-order valence-corrected chi connectivity index (χ0v) is 11.3. The van der Waals surface area contributed by atoms with Crippen LogP contribution in [0.3, 0.4) is 0 Å². The highest BCUT2D eigenvalue weighted by Crippen LogP contribution is 2.23. The Morgan fingerprint density at radius 1 is 1.25 bits per heavy atom. The number of aryl methyl sites for hydroxylation is 1. The predicted octanol–water partition coefficient (Wildman–Crippen LogP) is 1.61. The van der Waals surface area contributed by atoms with E-state index in [1.165, 1.54) is 4.90 Å². The molecule has 0 saturated carbocycles. The average Bonchev–Trinajstić information content (AvgIpc) is 2.45. The minimum atomic E-state index is -0.277. The van der Waals surface area contributed by atoms with Crippen LogP contribution in [0.25, 0.3) is 0 Å². The van der Waals surface area contributed by atoms with Gasteiger partial charge in [0.1, 0.15) is 5.69 Å². The number of amides is 1. The van der Waals surface area contributed by atoms with E-state index in [1.807, 2.05) is 13.0 Å². The summed E-state index contributed by atoms with van der Waals surface area (Å²) in [4.78, 5) is 18.2. The number of rotatable bonds is 4. The van der Waals surface area contributed by atoms with Crippen LogP contribution in [0, 0.1) is 6.92 Å². The lowest BCUT2D eigenvalue weighted by molar-refractivity contribution is 0.0976. The molecule has 0 radical (unpaired) electrons. The van der Waals surface area contributed by atoms with Crippen molar-refractivity contribution in [3.8, 4) is 0 Å². The number of hydrogen-bond acceptors (Lipinski definition) is 4. The van der Waals surface area contributed by atoms with Crippen LogP contribution in [0.1, 0.15) is 16.2 Å². The molecular formula is C15H17N3O2. The van der Waals surface area contributed by atoms with Gasteiger partial charge in [-0.25, -0.2) is 4.98 Å². The fourth-order valence-corrected chi connectivity index (χ4v) is 1.97. The van der Waals surface area contributed by atoms with Crippen molar-refractivity contribution in [3.63, 3.8) is 0 Å². The van der Waals surface area contributed by atoms with Gasteiger partial charge in [0.15, 0.2) is 0 Å². The lowest BCUT2D eigenvalue weighted by Crippen LogP contribution is -2.34. The highest BCUT2D eigenvalue weighted by atomic mass is 16.3. The van der Waals surface area contributed by atoms with Crippen molar-refractivity contribution in [2.24, 2.45) is 0 Å². The first-order valence-electron chi connectivity index (χ1n) is 6.34. The van der Waals surface area contributed by atoms with Crippen molar-refractivity contribution < 1.29 is 9.90 Å². The molecule has 1 heterocycles. The average molecular weight is 271 g/mol. The van der Waals surface area contributed by atoms with Crippen LogP contribution in [0.15, 0.2) is 42.5 Å². The number of aromatic nitrogens is 1. The third kappa shape index (κ3) is 2.95. The molecule has 0 spiro atoms. The first kappa shape index (κ1) is 14.0. The molecule has 0 aliphatic rings. The number of carbonyl (C=O) groups excluding carboxylic acids is 1. The van der Waals surface area contributed by atoms with E-state index in [-0.39, 0.29) is 19.1 Å². The Bertz CT molecular complexity index is 614. The largest absolute Gasteiger partial charge is 0.397 e. The van der Waals surface area contributed by atoms with Crippen molar-refractivity contribution in [1.82, 2.24) is 4.98 Å². The fourth-order valence-electron chi connectivity index (χ4n) is 1.97. The van der Waals surface area contributed by atoms with E-state index in [4.69, 9.17) is 5.73 Å². The molecule has 1 amide bonds.